The Balaban J connectivity index is 1.97. The lowest BCUT2D eigenvalue weighted by atomic mass is 10.1. The van der Waals surface area contributed by atoms with E-state index in [0.717, 1.165) is 12.1 Å². The van der Waals surface area contributed by atoms with Gasteiger partial charge in [0.05, 0.1) is 11.5 Å². The summed E-state index contributed by atoms with van der Waals surface area (Å²) in [7, 11) is 0. The van der Waals surface area contributed by atoms with Crippen LogP contribution in [0.15, 0.2) is 18.2 Å². The molecule has 0 saturated carbocycles. The number of amides is 2. The van der Waals surface area contributed by atoms with Crippen LogP contribution in [0.3, 0.4) is 0 Å². The highest BCUT2D eigenvalue weighted by molar-refractivity contribution is 5.94. The van der Waals surface area contributed by atoms with Crippen molar-refractivity contribution < 1.29 is 23.6 Å². The van der Waals surface area contributed by atoms with Crippen molar-refractivity contribution in [2.24, 2.45) is 0 Å². The van der Waals surface area contributed by atoms with Crippen molar-refractivity contribution >= 4 is 17.7 Å². The molecular weight excluding hydrogens is 333 g/mol. The van der Waals surface area contributed by atoms with Gasteiger partial charge in [-0.25, -0.2) is 4.79 Å². The molecule has 9 heteroatoms. The third kappa shape index (κ3) is 4.88. The summed E-state index contributed by atoms with van der Waals surface area (Å²) in [5, 5.41) is 13.3. The molecule has 2 rings (SSSR count). The smallest absolute Gasteiger partial charge is 0.407 e. The molecule has 8 nitrogen and oxygen atoms in total. The molecule has 1 saturated heterocycles. The first-order valence-corrected chi connectivity index (χ1v) is 7.79. The molecule has 0 aromatic heterocycles. The molecule has 0 spiro atoms. The lowest BCUT2D eigenvalue weighted by Gasteiger charge is -2.22. The van der Waals surface area contributed by atoms with E-state index in [0.29, 0.717) is 13.0 Å². The fraction of sp³-hybridized carbons (Fsp3) is 0.500. The van der Waals surface area contributed by atoms with Gasteiger partial charge in [-0.1, -0.05) is 0 Å². The van der Waals surface area contributed by atoms with Crippen LogP contribution in [0.1, 0.15) is 37.6 Å². The largest absolute Gasteiger partial charge is 0.444 e. The molecule has 0 unspecified atom stereocenters. The standard InChI is InChI=1S/C16H20FN3O5/c1-16(2,3)18-15(22)25-11-6-7-19(9-11)14(21)10-4-5-13(20(23)24)12(17)8-10/h4-5,8,11H,6-7,9H2,1-3H3,(H,18,22)/t11-/m1/s1. The summed E-state index contributed by atoms with van der Waals surface area (Å²) in [6, 6.07) is 3.02. The average molecular weight is 353 g/mol. The molecule has 136 valence electrons. The lowest BCUT2D eigenvalue weighted by Crippen LogP contribution is -2.42. The third-order valence-electron chi connectivity index (χ3n) is 3.57. The van der Waals surface area contributed by atoms with Crippen LogP contribution in [0.4, 0.5) is 14.9 Å². The maximum Gasteiger partial charge on any atom is 0.407 e. The number of nitrogens with zero attached hydrogens (tertiary/aromatic N) is 2. The maximum atomic E-state index is 13.7. The van der Waals surface area contributed by atoms with Crippen LogP contribution in [0.5, 0.6) is 0 Å². The van der Waals surface area contributed by atoms with E-state index in [1.807, 2.05) is 20.8 Å². The summed E-state index contributed by atoms with van der Waals surface area (Å²) in [5.74, 6) is -1.52. The highest BCUT2D eigenvalue weighted by Crippen LogP contribution is 2.21. The summed E-state index contributed by atoms with van der Waals surface area (Å²) in [6.45, 7) is 6.01. The van der Waals surface area contributed by atoms with Gasteiger partial charge in [0.2, 0.25) is 5.82 Å². The SMILES string of the molecule is CC(C)(C)NC(=O)O[C@@H]1CCN(C(=O)c2ccc([N+](=O)[O-])c(F)c2)C1. The summed E-state index contributed by atoms with van der Waals surface area (Å²) < 4.78 is 18.9. The number of nitro groups is 1. The molecule has 1 aromatic rings. The van der Waals surface area contributed by atoms with Crippen LogP contribution in [-0.4, -0.2) is 46.6 Å². The molecule has 1 atom stereocenters. The minimum Gasteiger partial charge on any atom is -0.444 e. The minimum atomic E-state index is -1.06. The van der Waals surface area contributed by atoms with Crippen molar-refractivity contribution in [2.75, 3.05) is 13.1 Å². The topological polar surface area (TPSA) is 102 Å². The van der Waals surface area contributed by atoms with Gasteiger partial charge < -0.3 is 15.0 Å². The first-order chi connectivity index (χ1) is 11.6. The number of ether oxygens (including phenoxy) is 1. The van der Waals surface area contributed by atoms with E-state index in [-0.39, 0.29) is 12.1 Å². The fourth-order valence-corrected chi connectivity index (χ4v) is 2.47. The van der Waals surface area contributed by atoms with Gasteiger partial charge in [-0.15, -0.1) is 0 Å². The highest BCUT2D eigenvalue weighted by atomic mass is 19.1. The summed E-state index contributed by atoms with van der Waals surface area (Å²) >= 11 is 0. The predicted octanol–water partition coefficient (Wildman–Crippen LogP) is 2.47. The van der Waals surface area contributed by atoms with E-state index < -0.39 is 40.1 Å². The third-order valence-corrected chi connectivity index (χ3v) is 3.57. The molecule has 0 radical (unpaired) electrons. The quantitative estimate of drug-likeness (QED) is 0.664. The molecule has 1 fully saturated rings. The number of hydrogen-bond donors (Lipinski definition) is 1. The van der Waals surface area contributed by atoms with E-state index in [4.69, 9.17) is 4.74 Å². The van der Waals surface area contributed by atoms with Gasteiger partial charge >= 0.3 is 11.8 Å². The zero-order valence-electron chi connectivity index (χ0n) is 14.2. The molecule has 25 heavy (non-hydrogen) atoms. The Morgan fingerprint density at radius 2 is 2.08 bits per heavy atom. The Bertz CT molecular complexity index is 702. The van der Waals surface area contributed by atoms with Crippen LogP contribution >= 0.6 is 0 Å². The number of nitro benzene ring substituents is 1. The summed E-state index contributed by atoms with van der Waals surface area (Å²) in [6.07, 6.45) is -0.541. The second-order valence-corrected chi connectivity index (χ2v) is 6.87. The number of likely N-dealkylation sites (tertiary alicyclic amines) is 1. The number of carbonyl (C=O) groups excluding carboxylic acids is 2. The average Bonchev–Trinajstić information content (AvgIpc) is 2.92. The van der Waals surface area contributed by atoms with Crippen LogP contribution in [0.2, 0.25) is 0 Å². The van der Waals surface area contributed by atoms with E-state index in [2.05, 4.69) is 5.32 Å². The van der Waals surface area contributed by atoms with E-state index in [9.17, 15) is 24.1 Å². The van der Waals surface area contributed by atoms with Crippen LogP contribution < -0.4 is 5.32 Å². The number of halogens is 1. The number of rotatable bonds is 3. The molecule has 0 aliphatic carbocycles. The molecule has 1 heterocycles. The zero-order chi connectivity index (χ0) is 18.8. The molecule has 2 amide bonds. The van der Waals surface area contributed by atoms with Crippen molar-refractivity contribution in [1.82, 2.24) is 10.2 Å². The van der Waals surface area contributed by atoms with Gasteiger partial charge in [0, 0.05) is 30.1 Å². The van der Waals surface area contributed by atoms with E-state index in [1.165, 1.54) is 11.0 Å². The fourth-order valence-electron chi connectivity index (χ4n) is 2.47. The Kier molecular flexibility index (Phi) is 5.24. The number of benzene rings is 1. The van der Waals surface area contributed by atoms with Crippen molar-refractivity contribution in [3.05, 3.63) is 39.7 Å². The van der Waals surface area contributed by atoms with Crippen LogP contribution in [-0.2, 0) is 4.74 Å². The zero-order valence-corrected chi connectivity index (χ0v) is 14.2. The molecule has 1 N–H and O–H groups in total. The lowest BCUT2D eigenvalue weighted by molar-refractivity contribution is -0.387. The van der Waals surface area contributed by atoms with Crippen LogP contribution in [0, 0.1) is 15.9 Å². The van der Waals surface area contributed by atoms with Crippen LogP contribution in [0.25, 0.3) is 0 Å². The van der Waals surface area contributed by atoms with Crippen molar-refractivity contribution in [1.29, 1.82) is 0 Å². The van der Waals surface area contributed by atoms with Crippen molar-refractivity contribution in [3.8, 4) is 0 Å². The molecule has 0 bridgehead atoms. The van der Waals surface area contributed by atoms with E-state index in [1.54, 1.807) is 0 Å². The van der Waals surface area contributed by atoms with Gasteiger partial charge in [0.25, 0.3) is 5.91 Å². The van der Waals surface area contributed by atoms with Gasteiger partial charge in [-0.2, -0.15) is 4.39 Å². The number of hydrogen-bond acceptors (Lipinski definition) is 5. The maximum absolute atomic E-state index is 13.7. The Morgan fingerprint density at radius 3 is 2.64 bits per heavy atom. The number of nitrogens with one attached hydrogen (secondary N) is 1. The van der Waals surface area contributed by atoms with Gasteiger partial charge in [0.15, 0.2) is 0 Å². The Hall–Kier alpha value is -2.71. The minimum absolute atomic E-state index is 0.0166. The van der Waals surface area contributed by atoms with Gasteiger partial charge in [0.1, 0.15) is 6.10 Å². The molecule has 1 aromatic carbocycles. The molecule has 1 aliphatic rings. The van der Waals surface area contributed by atoms with Crippen molar-refractivity contribution in [2.45, 2.75) is 38.8 Å². The van der Waals surface area contributed by atoms with Gasteiger partial charge in [-0.3, -0.25) is 14.9 Å². The number of alkyl carbamates (subject to hydrolysis) is 1. The van der Waals surface area contributed by atoms with Crippen molar-refractivity contribution in [3.63, 3.8) is 0 Å². The highest BCUT2D eigenvalue weighted by Gasteiger charge is 2.31. The normalized spacial score (nSPS) is 17.3. The van der Waals surface area contributed by atoms with Gasteiger partial charge in [-0.05, 0) is 32.9 Å². The molecule has 1 aliphatic heterocycles. The second-order valence-electron chi connectivity index (χ2n) is 6.87. The predicted molar refractivity (Wildman–Crippen MR) is 86.7 cm³/mol. The van der Waals surface area contributed by atoms with E-state index >= 15 is 0 Å². The molecular formula is C16H20FN3O5. The Labute approximate surface area is 144 Å². The number of carbonyl (C=O) groups is 2. The monoisotopic (exact) mass is 353 g/mol. The second kappa shape index (κ2) is 7.04. The summed E-state index contributed by atoms with van der Waals surface area (Å²) in [5.41, 5.74) is -1.09. The summed E-state index contributed by atoms with van der Waals surface area (Å²) in [4.78, 5) is 35.3. The first kappa shape index (κ1) is 18.6. The first-order valence-electron chi connectivity index (χ1n) is 7.79. The Morgan fingerprint density at radius 1 is 1.40 bits per heavy atom.